The summed E-state index contributed by atoms with van der Waals surface area (Å²) in [5.41, 5.74) is 3.28. The van der Waals surface area contributed by atoms with Crippen LogP contribution in [0.1, 0.15) is 47.5 Å². The van der Waals surface area contributed by atoms with Crippen molar-refractivity contribution >= 4 is 21.8 Å². The minimum Gasteiger partial charge on any atom is -0.343 e. The van der Waals surface area contributed by atoms with Gasteiger partial charge in [0, 0.05) is 18.9 Å². The van der Waals surface area contributed by atoms with Gasteiger partial charge >= 0.3 is 0 Å². The van der Waals surface area contributed by atoms with Crippen molar-refractivity contribution in [3.05, 3.63) is 51.8 Å². The fraction of sp³-hybridized carbons (Fsp3) is 0.412. The van der Waals surface area contributed by atoms with Gasteiger partial charge in [-0.3, -0.25) is 14.2 Å². The summed E-state index contributed by atoms with van der Waals surface area (Å²) in [5.74, 6) is -0.213. The smallest absolute Gasteiger partial charge is 0.272 e. The molecule has 0 aliphatic heterocycles. The largest absolute Gasteiger partial charge is 0.343 e. The van der Waals surface area contributed by atoms with Gasteiger partial charge in [-0.1, -0.05) is 0 Å². The first-order valence-electron chi connectivity index (χ1n) is 8.46. The number of halogens is 1. The van der Waals surface area contributed by atoms with Crippen LogP contribution < -0.4 is 5.32 Å². The van der Waals surface area contributed by atoms with Crippen molar-refractivity contribution in [2.24, 2.45) is 0 Å². The molecule has 9 heteroatoms. The Balaban J connectivity index is 1.69. The average molecular weight is 420 g/mol. The Labute approximate surface area is 160 Å². The molecule has 1 unspecified atom stereocenters. The van der Waals surface area contributed by atoms with Crippen LogP contribution >= 0.6 is 15.9 Å². The van der Waals surface area contributed by atoms with Crippen LogP contribution in [0.3, 0.4) is 0 Å². The molecule has 3 aromatic rings. The van der Waals surface area contributed by atoms with E-state index in [1.165, 1.54) is 0 Å². The minimum absolute atomic E-state index is 0.151. The summed E-state index contributed by atoms with van der Waals surface area (Å²) in [6.07, 6.45) is 3.52. The zero-order valence-electron chi connectivity index (χ0n) is 15.3. The van der Waals surface area contributed by atoms with E-state index in [1.807, 2.05) is 43.1 Å². The second-order valence-corrected chi connectivity index (χ2v) is 6.93. The predicted octanol–water partition coefficient (Wildman–Crippen LogP) is 2.67. The fourth-order valence-corrected chi connectivity index (χ4v) is 3.12. The molecule has 0 saturated carbocycles. The van der Waals surface area contributed by atoms with Gasteiger partial charge in [0.05, 0.1) is 27.6 Å². The molecule has 0 bridgehead atoms. The van der Waals surface area contributed by atoms with E-state index in [0.29, 0.717) is 12.4 Å². The van der Waals surface area contributed by atoms with E-state index in [4.69, 9.17) is 0 Å². The van der Waals surface area contributed by atoms with Crippen LogP contribution in [0.2, 0.25) is 0 Å². The Morgan fingerprint density at radius 2 is 2.04 bits per heavy atom. The van der Waals surface area contributed by atoms with Gasteiger partial charge in [0.2, 0.25) is 0 Å². The molecule has 3 aromatic heterocycles. The number of carbonyl (C=O) groups is 1. The summed E-state index contributed by atoms with van der Waals surface area (Å²) in [7, 11) is 0. The summed E-state index contributed by atoms with van der Waals surface area (Å²) >= 11 is 3.52. The molecule has 138 valence electrons. The molecule has 0 radical (unpaired) electrons. The quantitative estimate of drug-likeness (QED) is 0.665. The van der Waals surface area contributed by atoms with E-state index < -0.39 is 0 Å². The average Bonchev–Trinajstić information content (AvgIpc) is 3.32. The lowest BCUT2D eigenvalue weighted by Crippen LogP contribution is -2.28. The van der Waals surface area contributed by atoms with Crippen LogP contribution in [0.5, 0.6) is 0 Å². The van der Waals surface area contributed by atoms with Crippen LogP contribution in [-0.4, -0.2) is 35.2 Å². The van der Waals surface area contributed by atoms with Crippen molar-refractivity contribution < 1.29 is 4.79 Å². The maximum absolute atomic E-state index is 12.5. The number of hydrogen-bond acceptors (Lipinski definition) is 4. The van der Waals surface area contributed by atoms with Crippen LogP contribution in [-0.2, 0) is 13.2 Å². The van der Waals surface area contributed by atoms with Crippen LogP contribution in [0.25, 0.3) is 0 Å². The molecule has 3 heterocycles. The van der Waals surface area contributed by atoms with Crippen molar-refractivity contribution in [1.82, 2.24) is 34.7 Å². The third-order valence-electron chi connectivity index (χ3n) is 4.29. The molecule has 26 heavy (non-hydrogen) atoms. The van der Waals surface area contributed by atoms with Crippen LogP contribution in [0, 0.1) is 13.8 Å². The molecule has 0 aliphatic carbocycles. The molecule has 8 nitrogen and oxygen atoms in total. The lowest BCUT2D eigenvalue weighted by atomic mass is 10.2. The molecule has 1 atom stereocenters. The Morgan fingerprint density at radius 1 is 1.27 bits per heavy atom. The SMILES string of the molecule is CCn1nccc1C(C)NC(=O)c1ccn(Cn2nc(C)c(Br)c2C)n1. The summed E-state index contributed by atoms with van der Waals surface area (Å²) < 4.78 is 6.40. The second kappa shape index (κ2) is 7.45. The highest BCUT2D eigenvalue weighted by Crippen LogP contribution is 2.19. The first-order valence-corrected chi connectivity index (χ1v) is 9.25. The van der Waals surface area contributed by atoms with Crippen molar-refractivity contribution in [3.8, 4) is 0 Å². The molecule has 0 aromatic carbocycles. The maximum Gasteiger partial charge on any atom is 0.272 e. The summed E-state index contributed by atoms with van der Waals surface area (Å²) in [6, 6.07) is 3.47. The van der Waals surface area contributed by atoms with Gasteiger partial charge in [-0.15, -0.1) is 0 Å². The summed E-state index contributed by atoms with van der Waals surface area (Å²) in [5, 5.41) is 16.0. The fourth-order valence-electron chi connectivity index (χ4n) is 2.83. The predicted molar refractivity (Wildman–Crippen MR) is 101 cm³/mol. The molecule has 0 aliphatic rings. The van der Waals surface area contributed by atoms with Gasteiger partial charge in [-0.05, 0) is 55.8 Å². The molecule has 0 fully saturated rings. The van der Waals surface area contributed by atoms with E-state index in [1.54, 1.807) is 23.1 Å². The number of nitrogens with zero attached hydrogens (tertiary/aromatic N) is 6. The lowest BCUT2D eigenvalue weighted by Gasteiger charge is -2.14. The van der Waals surface area contributed by atoms with Gasteiger partial charge in [-0.2, -0.15) is 15.3 Å². The number of hydrogen-bond donors (Lipinski definition) is 1. The monoisotopic (exact) mass is 419 g/mol. The van der Waals surface area contributed by atoms with Gasteiger partial charge in [0.25, 0.3) is 5.91 Å². The second-order valence-electron chi connectivity index (χ2n) is 6.13. The zero-order chi connectivity index (χ0) is 18.8. The van der Waals surface area contributed by atoms with Gasteiger partial charge in [-0.25, -0.2) is 4.68 Å². The molecule has 1 amide bonds. The third kappa shape index (κ3) is 3.57. The zero-order valence-corrected chi connectivity index (χ0v) is 16.9. The van der Waals surface area contributed by atoms with E-state index in [0.717, 1.165) is 28.1 Å². The van der Waals surface area contributed by atoms with Gasteiger partial charge in [0.15, 0.2) is 0 Å². The number of rotatable bonds is 6. The van der Waals surface area contributed by atoms with Crippen molar-refractivity contribution in [2.45, 2.75) is 47.0 Å². The molecule has 0 saturated heterocycles. The van der Waals surface area contributed by atoms with E-state index in [9.17, 15) is 4.79 Å². The molecular formula is C17H22BrN7O. The van der Waals surface area contributed by atoms with E-state index >= 15 is 0 Å². The van der Waals surface area contributed by atoms with E-state index in [-0.39, 0.29) is 11.9 Å². The van der Waals surface area contributed by atoms with Crippen LogP contribution in [0.15, 0.2) is 29.0 Å². The highest BCUT2D eigenvalue weighted by atomic mass is 79.9. The number of aromatic nitrogens is 6. The van der Waals surface area contributed by atoms with Crippen molar-refractivity contribution in [3.63, 3.8) is 0 Å². The number of aryl methyl sites for hydroxylation is 2. The van der Waals surface area contributed by atoms with Gasteiger partial charge in [0.1, 0.15) is 12.4 Å². The molecular weight excluding hydrogens is 398 g/mol. The van der Waals surface area contributed by atoms with Crippen molar-refractivity contribution in [1.29, 1.82) is 0 Å². The molecule has 0 spiro atoms. The standard InChI is InChI=1S/C17H22BrN7O/c1-5-24-15(6-8-19-24)11(2)20-17(26)14-7-9-23(22-14)10-25-13(4)16(18)12(3)21-25/h6-9,11H,5,10H2,1-4H3,(H,20,26). The molecule has 3 rings (SSSR count). The number of carbonyl (C=O) groups excluding carboxylic acids is 1. The third-order valence-corrected chi connectivity index (χ3v) is 5.43. The molecule has 1 N–H and O–H groups in total. The minimum atomic E-state index is -0.213. The summed E-state index contributed by atoms with van der Waals surface area (Å²) in [4.78, 5) is 12.5. The van der Waals surface area contributed by atoms with E-state index in [2.05, 4.69) is 36.5 Å². The van der Waals surface area contributed by atoms with Gasteiger partial charge < -0.3 is 5.32 Å². The maximum atomic E-state index is 12.5. The van der Waals surface area contributed by atoms with Crippen LogP contribution in [0.4, 0.5) is 0 Å². The Kier molecular flexibility index (Phi) is 5.26. The summed E-state index contributed by atoms with van der Waals surface area (Å²) in [6.45, 7) is 9.09. The normalized spacial score (nSPS) is 12.3. The lowest BCUT2D eigenvalue weighted by molar-refractivity contribution is 0.0932. The Bertz CT molecular complexity index is 924. The Hall–Kier alpha value is -2.42. The van der Waals surface area contributed by atoms with Crippen molar-refractivity contribution in [2.75, 3.05) is 0 Å². The topological polar surface area (TPSA) is 82.6 Å². The highest BCUT2D eigenvalue weighted by Gasteiger charge is 2.17. The first-order chi connectivity index (χ1) is 12.4. The number of nitrogens with one attached hydrogen (secondary N) is 1. The first kappa shape index (κ1) is 18.4. The number of amides is 1. The highest BCUT2D eigenvalue weighted by molar-refractivity contribution is 9.10. The Morgan fingerprint density at radius 3 is 2.69 bits per heavy atom.